The van der Waals surface area contributed by atoms with Gasteiger partial charge in [-0.2, -0.15) is 0 Å². The minimum absolute atomic E-state index is 0.000715. The van der Waals surface area contributed by atoms with Crippen molar-refractivity contribution in [2.24, 2.45) is 0 Å². The molecule has 0 bridgehead atoms. The van der Waals surface area contributed by atoms with Crippen molar-refractivity contribution in [2.45, 2.75) is 64.7 Å². The molecule has 9 aromatic rings. The van der Waals surface area contributed by atoms with E-state index in [0.29, 0.717) is 0 Å². The molecule has 0 saturated heterocycles. The summed E-state index contributed by atoms with van der Waals surface area (Å²) >= 11 is 0. The van der Waals surface area contributed by atoms with E-state index in [-0.39, 0.29) is 16.2 Å². The second-order valence-electron chi connectivity index (χ2n) is 19.5. The normalized spacial score (nSPS) is 14.7. The quantitative estimate of drug-likeness (QED) is 0.155. The molecule has 0 aromatic heterocycles. The summed E-state index contributed by atoms with van der Waals surface area (Å²) in [6.07, 6.45) is 0. The van der Waals surface area contributed by atoms with E-state index in [1.807, 2.05) is 0 Å². The van der Waals surface area contributed by atoms with Crippen molar-refractivity contribution >= 4 is 27.8 Å². The van der Waals surface area contributed by atoms with Crippen molar-refractivity contribution in [3.05, 3.63) is 234 Å². The molecule has 1 atom stereocenters. The van der Waals surface area contributed by atoms with E-state index in [2.05, 4.69) is 260 Å². The third-order valence-corrected chi connectivity index (χ3v) is 13.5. The van der Waals surface area contributed by atoms with Crippen LogP contribution in [0.3, 0.4) is 0 Å². The third kappa shape index (κ3) is 6.88. The van der Waals surface area contributed by atoms with Crippen LogP contribution >= 0.6 is 0 Å². The summed E-state index contributed by atoms with van der Waals surface area (Å²) in [5.41, 5.74) is 19.7. The number of anilines is 3. The molecule has 308 valence electrons. The minimum Gasteiger partial charge on any atom is -0.309 e. The second-order valence-corrected chi connectivity index (χ2v) is 19.5. The Morgan fingerprint density at radius 3 is 1.46 bits per heavy atom. The molecule has 1 heteroatoms. The van der Waals surface area contributed by atoms with Gasteiger partial charge in [-0.05, 0) is 114 Å². The van der Waals surface area contributed by atoms with E-state index < -0.39 is 0 Å². The van der Waals surface area contributed by atoms with Crippen LogP contribution in [0.25, 0.3) is 55.3 Å². The Labute approximate surface area is 374 Å². The van der Waals surface area contributed by atoms with Gasteiger partial charge in [0.05, 0.1) is 11.4 Å². The predicted molar refractivity (Wildman–Crippen MR) is 270 cm³/mol. The Hall–Kier alpha value is -6.96. The van der Waals surface area contributed by atoms with Gasteiger partial charge in [-0.15, -0.1) is 0 Å². The van der Waals surface area contributed by atoms with E-state index in [1.54, 1.807) is 0 Å². The van der Waals surface area contributed by atoms with Gasteiger partial charge in [0.15, 0.2) is 0 Å². The molecule has 1 aliphatic carbocycles. The highest BCUT2D eigenvalue weighted by molar-refractivity contribution is 6.09. The van der Waals surface area contributed by atoms with Crippen LogP contribution in [0.2, 0.25) is 0 Å². The molecule has 9 aromatic carbocycles. The van der Waals surface area contributed by atoms with Gasteiger partial charge in [0.2, 0.25) is 0 Å². The van der Waals surface area contributed by atoms with Crippen LogP contribution in [0, 0.1) is 0 Å². The van der Waals surface area contributed by atoms with E-state index in [0.717, 1.165) is 17.1 Å². The Kier molecular flexibility index (Phi) is 9.83. The van der Waals surface area contributed by atoms with Crippen molar-refractivity contribution in [3.63, 3.8) is 0 Å². The van der Waals surface area contributed by atoms with Gasteiger partial charge in [-0.1, -0.05) is 224 Å². The fourth-order valence-corrected chi connectivity index (χ4v) is 10.1. The number of hydrogen-bond donors (Lipinski definition) is 0. The van der Waals surface area contributed by atoms with Crippen molar-refractivity contribution in [2.75, 3.05) is 4.90 Å². The van der Waals surface area contributed by atoms with Crippen molar-refractivity contribution in [3.8, 4) is 44.5 Å². The Balaban J connectivity index is 1.21. The maximum absolute atomic E-state index is 2.49. The number of hydrogen-bond acceptors (Lipinski definition) is 1. The monoisotopic (exact) mass is 813 g/mol. The number of para-hydroxylation sites is 3. The molecule has 1 unspecified atom stereocenters. The maximum atomic E-state index is 2.49. The van der Waals surface area contributed by atoms with E-state index in [1.165, 1.54) is 83.1 Å². The van der Waals surface area contributed by atoms with Crippen LogP contribution in [-0.2, 0) is 16.2 Å². The van der Waals surface area contributed by atoms with Gasteiger partial charge in [0, 0.05) is 22.2 Å². The number of fused-ring (bicyclic) bond motifs is 4. The first-order chi connectivity index (χ1) is 30.4. The standard InChI is InChI=1S/C62H55N/c1-60(2,3)45-39-43(40-46(41-45)61(4,5)6)48-32-20-23-42-24-21-33-51(58(42)48)49-29-15-18-37-56(49)63(47-27-12-9-13-28-47)57-38-19-16-30-50(57)52-34-22-36-55-59(52)53-31-14-17-35-54(53)62(55,7)44-25-10-8-11-26-44/h8-41H,1-7H3. The lowest BCUT2D eigenvalue weighted by Crippen LogP contribution is -2.22. The summed E-state index contributed by atoms with van der Waals surface area (Å²) in [7, 11) is 0. The molecule has 0 radical (unpaired) electrons. The topological polar surface area (TPSA) is 3.24 Å². The number of benzene rings is 9. The van der Waals surface area contributed by atoms with Crippen molar-refractivity contribution in [1.82, 2.24) is 0 Å². The smallest absolute Gasteiger partial charge is 0.0540 e. The molecule has 0 saturated carbocycles. The molecule has 0 aliphatic heterocycles. The largest absolute Gasteiger partial charge is 0.309 e. The van der Waals surface area contributed by atoms with E-state index in [4.69, 9.17) is 0 Å². The van der Waals surface area contributed by atoms with Gasteiger partial charge >= 0.3 is 0 Å². The lowest BCUT2D eigenvalue weighted by atomic mass is 9.74. The SMILES string of the molecule is CC(C)(C)c1cc(-c2cccc3cccc(-c4ccccc4N(c4ccccc4)c4ccccc4-c4cccc5c4-c4ccccc4C5(C)c4ccccc4)c23)cc(C(C)(C)C)c1. The minimum atomic E-state index is -0.296. The maximum Gasteiger partial charge on any atom is 0.0540 e. The molecule has 0 fully saturated rings. The molecule has 0 N–H and O–H groups in total. The Morgan fingerprint density at radius 1 is 0.381 bits per heavy atom. The summed E-state index contributed by atoms with van der Waals surface area (Å²) in [6.45, 7) is 16.3. The zero-order valence-corrected chi connectivity index (χ0v) is 37.6. The van der Waals surface area contributed by atoms with Gasteiger partial charge in [0.25, 0.3) is 0 Å². The molecule has 10 rings (SSSR count). The molecule has 0 heterocycles. The van der Waals surface area contributed by atoms with E-state index in [9.17, 15) is 0 Å². The lowest BCUT2D eigenvalue weighted by molar-refractivity contribution is 0.569. The van der Waals surface area contributed by atoms with Gasteiger partial charge in [-0.3, -0.25) is 0 Å². The predicted octanol–water partition coefficient (Wildman–Crippen LogP) is 17.2. The summed E-state index contributed by atoms with van der Waals surface area (Å²) < 4.78 is 0. The molecule has 1 aliphatic rings. The summed E-state index contributed by atoms with van der Waals surface area (Å²) in [6, 6.07) is 76.8. The molecular weight excluding hydrogens is 759 g/mol. The fraction of sp³-hybridized carbons (Fsp3) is 0.161. The van der Waals surface area contributed by atoms with Gasteiger partial charge < -0.3 is 4.90 Å². The first-order valence-electron chi connectivity index (χ1n) is 22.4. The zero-order chi connectivity index (χ0) is 43.5. The van der Waals surface area contributed by atoms with Crippen LogP contribution in [0.4, 0.5) is 17.1 Å². The number of nitrogens with zero attached hydrogens (tertiary/aromatic N) is 1. The first-order valence-corrected chi connectivity index (χ1v) is 22.4. The van der Waals surface area contributed by atoms with Crippen molar-refractivity contribution < 1.29 is 0 Å². The van der Waals surface area contributed by atoms with Crippen LogP contribution in [0.15, 0.2) is 206 Å². The van der Waals surface area contributed by atoms with Crippen LogP contribution in [-0.4, -0.2) is 0 Å². The Bertz CT molecular complexity index is 3100. The summed E-state index contributed by atoms with van der Waals surface area (Å²) in [5.74, 6) is 0. The first kappa shape index (κ1) is 40.1. The second kappa shape index (κ2) is 15.4. The van der Waals surface area contributed by atoms with E-state index >= 15 is 0 Å². The highest BCUT2D eigenvalue weighted by atomic mass is 15.1. The summed E-state index contributed by atoms with van der Waals surface area (Å²) in [5, 5.41) is 2.49. The molecular formula is C62H55N. The highest BCUT2D eigenvalue weighted by Crippen LogP contribution is 2.56. The molecule has 0 amide bonds. The highest BCUT2D eigenvalue weighted by Gasteiger charge is 2.42. The lowest BCUT2D eigenvalue weighted by Gasteiger charge is -2.31. The van der Waals surface area contributed by atoms with Crippen molar-refractivity contribution in [1.29, 1.82) is 0 Å². The number of rotatable bonds is 7. The fourth-order valence-electron chi connectivity index (χ4n) is 10.1. The third-order valence-electron chi connectivity index (χ3n) is 13.5. The molecule has 63 heavy (non-hydrogen) atoms. The Morgan fingerprint density at radius 2 is 0.841 bits per heavy atom. The average Bonchev–Trinajstić information content (AvgIpc) is 3.58. The van der Waals surface area contributed by atoms with Crippen LogP contribution < -0.4 is 4.90 Å². The molecule has 0 spiro atoms. The average molecular weight is 814 g/mol. The van der Waals surface area contributed by atoms with Crippen LogP contribution in [0.1, 0.15) is 76.3 Å². The van der Waals surface area contributed by atoms with Crippen LogP contribution in [0.5, 0.6) is 0 Å². The van der Waals surface area contributed by atoms with Gasteiger partial charge in [-0.25, -0.2) is 0 Å². The molecule has 1 nitrogen and oxygen atoms in total. The zero-order valence-electron chi connectivity index (χ0n) is 37.6. The van der Waals surface area contributed by atoms with Gasteiger partial charge in [0.1, 0.15) is 0 Å². The summed E-state index contributed by atoms with van der Waals surface area (Å²) in [4.78, 5) is 2.49.